The first-order chi connectivity index (χ1) is 6.07. The monoisotopic (exact) mass is 198 g/mol. The summed E-state index contributed by atoms with van der Waals surface area (Å²) in [5.41, 5.74) is 2.44. The van der Waals surface area contributed by atoms with Gasteiger partial charge in [-0.25, -0.2) is 0 Å². The van der Waals surface area contributed by atoms with Crippen LogP contribution >= 0.6 is 11.6 Å². The maximum atomic E-state index is 5.98. The molecule has 0 amide bonds. The average molecular weight is 199 g/mol. The smallest absolute Gasteiger partial charge is 0.140 e. The minimum absolute atomic E-state index is 0.506. The van der Waals surface area contributed by atoms with Crippen LogP contribution in [0.4, 0.5) is 0 Å². The molecule has 13 heavy (non-hydrogen) atoms. The van der Waals surface area contributed by atoms with Crippen LogP contribution in [0.1, 0.15) is 30.9 Å². The molecule has 72 valence electrons. The minimum Gasteiger partial charge on any atom is -0.495 e. The van der Waals surface area contributed by atoms with E-state index >= 15 is 0 Å². The summed E-state index contributed by atoms with van der Waals surface area (Å²) in [6.45, 7) is 6.37. The lowest BCUT2D eigenvalue weighted by Crippen LogP contribution is -1.96. The predicted octanol–water partition coefficient (Wildman–Crippen LogP) is 3.78. The fraction of sp³-hybridized carbons (Fsp3) is 0.455. The molecule has 0 spiro atoms. The molecule has 1 aromatic rings. The molecule has 0 N–H and O–H groups in total. The van der Waals surface area contributed by atoms with Gasteiger partial charge in [0.1, 0.15) is 5.75 Å². The molecular weight excluding hydrogens is 184 g/mol. The number of methoxy groups -OCH3 is 1. The molecule has 0 bridgehead atoms. The van der Waals surface area contributed by atoms with E-state index in [9.17, 15) is 0 Å². The minimum atomic E-state index is 0.506. The number of hydrogen-bond acceptors (Lipinski definition) is 1. The highest BCUT2D eigenvalue weighted by atomic mass is 35.5. The van der Waals surface area contributed by atoms with Crippen molar-refractivity contribution in [3.63, 3.8) is 0 Å². The zero-order valence-corrected chi connectivity index (χ0v) is 9.27. The third-order valence-corrected chi connectivity index (χ3v) is 2.52. The van der Waals surface area contributed by atoms with Gasteiger partial charge in [-0.1, -0.05) is 31.5 Å². The lowest BCUT2D eigenvalue weighted by atomic mass is 9.97. The molecule has 0 aliphatic heterocycles. The van der Waals surface area contributed by atoms with E-state index in [1.54, 1.807) is 7.11 Å². The first-order valence-electron chi connectivity index (χ1n) is 4.41. The number of halogens is 1. The Hall–Kier alpha value is -0.690. The molecule has 0 aromatic heterocycles. The highest BCUT2D eigenvalue weighted by Gasteiger charge is 2.10. The van der Waals surface area contributed by atoms with Gasteiger partial charge in [-0.05, 0) is 30.0 Å². The SMILES string of the molecule is COc1c(Cl)ccc(C(C)C)c1C. The van der Waals surface area contributed by atoms with Crippen LogP contribution in [0.15, 0.2) is 12.1 Å². The van der Waals surface area contributed by atoms with Gasteiger partial charge in [-0.3, -0.25) is 0 Å². The van der Waals surface area contributed by atoms with Crippen LogP contribution in [0.2, 0.25) is 5.02 Å². The first-order valence-corrected chi connectivity index (χ1v) is 4.78. The van der Waals surface area contributed by atoms with Gasteiger partial charge in [0.15, 0.2) is 0 Å². The van der Waals surface area contributed by atoms with E-state index in [0.29, 0.717) is 10.9 Å². The Morgan fingerprint density at radius 2 is 1.92 bits per heavy atom. The lowest BCUT2D eigenvalue weighted by molar-refractivity contribution is 0.411. The molecule has 0 heterocycles. The van der Waals surface area contributed by atoms with E-state index in [-0.39, 0.29) is 0 Å². The van der Waals surface area contributed by atoms with E-state index < -0.39 is 0 Å². The van der Waals surface area contributed by atoms with Crippen LogP contribution < -0.4 is 4.74 Å². The van der Waals surface area contributed by atoms with E-state index in [1.807, 2.05) is 13.0 Å². The average Bonchev–Trinajstić information content (AvgIpc) is 2.04. The first kappa shape index (κ1) is 10.4. The van der Waals surface area contributed by atoms with Crippen molar-refractivity contribution < 1.29 is 4.74 Å². The quantitative estimate of drug-likeness (QED) is 0.703. The van der Waals surface area contributed by atoms with Crippen LogP contribution in [-0.4, -0.2) is 7.11 Å². The second kappa shape index (κ2) is 4.01. The van der Waals surface area contributed by atoms with Crippen molar-refractivity contribution in [3.8, 4) is 5.75 Å². The normalized spacial score (nSPS) is 10.6. The van der Waals surface area contributed by atoms with Crippen molar-refractivity contribution in [1.82, 2.24) is 0 Å². The van der Waals surface area contributed by atoms with Crippen LogP contribution in [0.25, 0.3) is 0 Å². The second-order valence-electron chi connectivity index (χ2n) is 3.45. The Morgan fingerprint density at radius 1 is 1.31 bits per heavy atom. The third-order valence-electron chi connectivity index (χ3n) is 2.23. The van der Waals surface area contributed by atoms with Crippen molar-refractivity contribution in [2.24, 2.45) is 0 Å². The molecule has 0 radical (unpaired) electrons. The molecule has 0 atom stereocenters. The van der Waals surface area contributed by atoms with Crippen LogP contribution in [-0.2, 0) is 0 Å². The highest BCUT2D eigenvalue weighted by Crippen LogP contribution is 2.33. The van der Waals surface area contributed by atoms with Gasteiger partial charge in [-0.15, -0.1) is 0 Å². The Bertz CT molecular complexity index is 305. The van der Waals surface area contributed by atoms with E-state index in [0.717, 1.165) is 11.3 Å². The molecule has 1 rings (SSSR count). The summed E-state index contributed by atoms with van der Waals surface area (Å²) in [7, 11) is 1.65. The van der Waals surface area contributed by atoms with Crippen LogP contribution in [0.5, 0.6) is 5.75 Å². The maximum absolute atomic E-state index is 5.98. The Kier molecular flexibility index (Phi) is 3.21. The Labute approximate surface area is 84.7 Å². The van der Waals surface area contributed by atoms with Crippen molar-refractivity contribution in [3.05, 3.63) is 28.3 Å². The van der Waals surface area contributed by atoms with Gasteiger partial charge in [-0.2, -0.15) is 0 Å². The molecular formula is C11H15ClO. The zero-order valence-electron chi connectivity index (χ0n) is 8.52. The molecule has 2 heteroatoms. The number of ether oxygens (including phenoxy) is 1. The molecule has 0 unspecified atom stereocenters. The molecule has 1 aromatic carbocycles. The number of hydrogen-bond donors (Lipinski definition) is 0. The van der Waals surface area contributed by atoms with E-state index in [4.69, 9.17) is 16.3 Å². The summed E-state index contributed by atoms with van der Waals surface area (Å²) in [6.07, 6.45) is 0. The summed E-state index contributed by atoms with van der Waals surface area (Å²) in [4.78, 5) is 0. The van der Waals surface area contributed by atoms with Crippen molar-refractivity contribution in [2.75, 3.05) is 7.11 Å². The predicted molar refractivity (Wildman–Crippen MR) is 56.8 cm³/mol. The largest absolute Gasteiger partial charge is 0.495 e. The molecule has 1 nitrogen and oxygen atoms in total. The van der Waals surface area contributed by atoms with Gasteiger partial charge >= 0.3 is 0 Å². The standard InChI is InChI=1S/C11H15ClO/c1-7(2)9-5-6-10(12)11(13-4)8(9)3/h5-7H,1-4H3. The molecule has 0 aliphatic carbocycles. The van der Waals surface area contributed by atoms with E-state index in [1.165, 1.54) is 5.56 Å². The Morgan fingerprint density at radius 3 is 2.38 bits per heavy atom. The van der Waals surface area contributed by atoms with Crippen molar-refractivity contribution in [1.29, 1.82) is 0 Å². The molecule has 0 aliphatic rings. The van der Waals surface area contributed by atoms with E-state index in [2.05, 4.69) is 19.9 Å². The van der Waals surface area contributed by atoms with Gasteiger partial charge < -0.3 is 4.74 Å². The second-order valence-corrected chi connectivity index (χ2v) is 3.86. The summed E-state index contributed by atoms with van der Waals surface area (Å²) in [5.74, 6) is 1.30. The van der Waals surface area contributed by atoms with Crippen LogP contribution in [0.3, 0.4) is 0 Å². The molecule has 0 saturated heterocycles. The van der Waals surface area contributed by atoms with Crippen LogP contribution in [0, 0.1) is 6.92 Å². The zero-order chi connectivity index (χ0) is 10.0. The summed E-state index contributed by atoms with van der Waals surface area (Å²) < 4.78 is 5.23. The van der Waals surface area contributed by atoms with Gasteiger partial charge in [0.2, 0.25) is 0 Å². The van der Waals surface area contributed by atoms with Crippen molar-refractivity contribution >= 4 is 11.6 Å². The third kappa shape index (κ3) is 1.97. The highest BCUT2D eigenvalue weighted by molar-refractivity contribution is 6.32. The van der Waals surface area contributed by atoms with Crippen molar-refractivity contribution in [2.45, 2.75) is 26.7 Å². The maximum Gasteiger partial charge on any atom is 0.140 e. The summed E-state index contributed by atoms with van der Waals surface area (Å²) in [6, 6.07) is 3.95. The fourth-order valence-electron chi connectivity index (χ4n) is 1.55. The lowest BCUT2D eigenvalue weighted by Gasteiger charge is -2.14. The molecule has 0 saturated carbocycles. The fourth-order valence-corrected chi connectivity index (χ4v) is 1.83. The number of rotatable bonds is 2. The number of benzene rings is 1. The molecule has 0 fully saturated rings. The summed E-state index contributed by atoms with van der Waals surface area (Å²) >= 11 is 5.98. The van der Waals surface area contributed by atoms with Gasteiger partial charge in [0.05, 0.1) is 12.1 Å². The Balaban J connectivity index is 3.27. The summed E-state index contributed by atoms with van der Waals surface area (Å²) in [5, 5.41) is 0.685. The van der Waals surface area contributed by atoms with Gasteiger partial charge in [0, 0.05) is 0 Å². The van der Waals surface area contributed by atoms with Gasteiger partial charge in [0.25, 0.3) is 0 Å². The topological polar surface area (TPSA) is 9.23 Å².